The van der Waals surface area contributed by atoms with Crippen molar-refractivity contribution in [2.24, 2.45) is 0 Å². The van der Waals surface area contributed by atoms with E-state index in [9.17, 15) is 9.59 Å². The maximum absolute atomic E-state index is 11.1. The fourth-order valence-electron chi connectivity index (χ4n) is 2.15. The lowest BCUT2D eigenvalue weighted by Gasteiger charge is -2.11. The van der Waals surface area contributed by atoms with Gasteiger partial charge in [0.1, 0.15) is 23.5 Å². The average molecular weight is 425 g/mol. The molecular formula is C25H32N2O4. The van der Waals surface area contributed by atoms with Gasteiger partial charge in [0.25, 0.3) is 5.91 Å². The van der Waals surface area contributed by atoms with Crippen LogP contribution in [0.1, 0.15) is 13.8 Å². The third-order valence-electron chi connectivity index (χ3n) is 3.55. The summed E-state index contributed by atoms with van der Waals surface area (Å²) in [6.45, 7) is 10.9. The van der Waals surface area contributed by atoms with Crippen molar-refractivity contribution in [2.45, 2.75) is 13.8 Å². The Kier molecular flexibility index (Phi) is 15.0. The number of allylic oxidation sites excluding steroid dienone is 2. The number of aldehydes is 1. The predicted molar refractivity (Wildman–Crippen MR) is 128 cm³/mol. The van der Waals surface area contributed by atoms with E-state index >= 15 is 0 Å². The van der Waals surface area contributed by atoms with Crippen LogP contribution in [-0.4, -0.2) is 32.9 Å². The first-order valence-electron chi connectivity index (χ1n) is 9.85. The van der Waals surface area contributed by atoms with Gasteiger partial charge in [-0.2, -0.15) is 0 Å². The fraction of sp³-hybridized carbons (Fsp3) is 0.200. The van der Waals surface area contributed by atoms with Crippen molar-refractivity contribution in [1.82, 2.24) is 5.32 Å². The van der Waals surface area contributed by atoms with Crippen LogP contribution in [0.4, 0.5) is 5.69 Å². The molecule has 0 spiro atoms. The Bertz CT molecular complexity index is 860. The molecule has 0 atom stereocenters. The first-order valence-corrected chi connectivity index (χ1v) is 9.85. The Morgan fingerprint density at radius 3 is 2.32 bits per heavy atom. The third kappa shape index (κ3) is 10.5. The van der Waals surface area contributed by atoms with E-state index in [4.69, 9.17) is 9.47 Å². The summed E-state index contributed by atoms with van der Waals surface area (Å²) < 4.78 is 11.0. The Labute approximate surface area is 185 Å². The van der Waals surface area contributed by atoms with Crippen LogP contribution in [0, 0.1) is 0 Å². The molecule has 6 nitrogen and oxygen atoms in total. The van der Waals surface area contributed by atoms with Crippen molar-refractivity contribution in [1.29, 1.82) is 0 Å². The largest absolute Gasteiger partial charge is 0.497 e. The van der Waals surface area contributed by atoms with Crippen LogP contribution in [-0.2, 0) is 9.59 Å². The van der Waals surface area contributed by atoms with Crippen molar-refractivity contribution < 1.29 is 19.1 Å². The molecule has 0 radical (unpaired) electrons. The molecule has 2 aromatic carbocycles. The summed E-state index contributed by atoms with van der Waals surface area (Å²) >= 11 is 0. The second kappa shape index (κ2) is 17.1. The molecule has 0 aromatic heterocycles. The molecule has 0 fully saturated rings. The van der Waals surface area contributed by atoms with Gasteiger partial charge in [0, 0.05) is 18.7 Å². The van der Waals surface area contributed by atoms with Gasteiger partial charge in [0.2, 0.25) is 0 Å². The van der Waals surface area contributed by atoms with Crippen LogP contribution in [0.15, 0.2) is 85.5 Å². The van der Waals surface area contributed by atoms with Gasteiger partial charge in [-0.3, -0.25) is 4.79 Å². The van der Waals surface area contributed by atoms with Crippen LogP contribution in [0.25, 0.3) is 0 Å². The van der Waals surface area contributed by atoms with E-state index in [1.807, 2.05) is 69.4 Å². The summed E-state index contributed by atoms with van der Waals surface area (Å²) in [5.74, 6) is 2.01. The Hall–Kier alpha value is -3.80. The maximum Gasteiger partial charge on any atom is 0.251 e. The van der Waals surface area contributed by atoms with E-state index in [-0.39, 0.29) is 12.5 Å². The molecule has 2 rings (SSSR count). The van der Waals surface area contributed by atoms with Gasteiger partial charge >= 0.3 is 0 Å². The normalized spacial score (nSPS) is 9.48. The summed E-state index contributed by atoms with van der Waals surface area (Å²) in [4.78, 5) is 21.0. The van der Waals surface area contributed by atoms with E-state index in [1.165, 1.54) is 18.2 Å². The molecule has 0 aliphatic heterocycles. The van der Waals surface area contributed by atoms with Crippen LogP contribution in [0.2, 0.25) is 0 Å². The van der Waals surface area contributed by atoms with Crippen molar-refractivity contribution >= 4 is 17.9 Å². The lowest BCUT2D eigenvalue weighted by atomic mass is 10.2. The molecule has 0 aliphatic carbocycles. The molecule has 0 saturated carbocycles. The SMILES string of the molecule is C=C/C=C(\C=C)C(=O)NCC=O.CC.CNc1ccccc1Oc1cccc(OC)c1. The maximum atomic E-state index is 11.1. The molecule has 0 saturated heterocycles. The highest BCUT2D eigenvalue weighted by Crippen LogP contribution is 2.30. The summed E-state index contributed by atoms with van der Waals surface area (Å²) in [6, 6.07) is 15.3. The van der Waals surface area contributed by atoms with E-state index in [2.05, 4.69) is 23.8 Å². The van der Waals surface area contributed by atoms with E-state index < -0.39 is 0 Å². The molecule has 1 amide bonds. The standard InChI is InChI=1S/C14H15NO2.C9H11NO2.C2H6/c1-15-13-8-3-4-9-14(13)17-12-7-5-6-11(10-12)16-2;1-3-5-8(4-2)9(12)10-6-7-11;1-2/h3-10,15H,1-2H3;3-5,7H,1-2,6H2,(H,10,12);1-2H3/b;8-5+;. The molecule has 0 unspecified atom stereocenters. The van der Waals surface area contributed by atoms with Gasteiger partial charge in [-0.1, -0.05) is 63.4 Å². The monoisotopic (exact) mass is 424 g/mol. The van der Waals surface area contributed by atoms with Crippen molar-refractivity contribution in [3.8, 4) is 17.2 Å². The number of anilines is 1. The summed E-state index contributed by atoms with van der Waals surface area (Å²) in [5.41, 5.74) is 1.35. The first-order chi connectivity index (χ1) is 15.1. The average Bonchev–Trinajstić information content (AvgIpc) is 2.83. The number of ether oxygens (including phenoxy) is 2. The van der Waals surface area contributed by atoms with Gasteiger partial charge < -0.3 is 24.9 Å². The topological polar surface area (TPSA) is 76.7 Å². The van der Waals surface area contributed by atoms with Gasteiger partial charge in [-0.05, 0) is 24.3 Å². The number of hydrogen-bond acceptors (Lipinski definition) is 5. The number of carbonyl (C=O) groups is 2. The fourth-order valence-corrected chi connectivity index (χ4v) is 2.15. The Balaban J connectivity index is 0.000000570. The molecule has 166 valence electrons. The zero-order chi connectivity index (χ0) is 23.5. The quantitative estimate of drug-likeness (QED) is 0.330. The van der Waals surface area contributed by atoms with Gasteiger partial charge in [-0.25, -0.2) is 0 Å². The molecule has 6 heteroatoms. The predicted octanol–water partition coefficient (Wildman–Crippen LogP) is 5.16. The van der Waals surface area contributed by atoms with Gasteiger partial charge in [-0.15, -0.1) is 0 Å². The Morgan fingerprint density at radius 2 is 1.74 bits per heavy atom. The number of nitrogens with one attached hydrogen (secondary N) is 2. The number of rotatable bonds is 9. The molecule has 0 bridgehead atoms. The van der Waals surface area contributed by atoms with E-state index in [0.29, 0.717) is 11.9 Å². The lowest BCUT2D eigenvalue weighted by Crippen LogP contribution is -2.25. The highest BCUT2D eigenvalue weighted by Gasteiger charge is 2.03. The second-order valence-electron chi connectivity index (χ2n) is 5.47. The van der Waals surface area contributed by atoms with Crippen molar-refractivity contribution in [3.63, 3.8) is 0 Å². The zero-order valence-corrected chi connectivity index (χ0v) is 18.7. The van der Waals surface area contributed by atoms with Gasteiger partial charge in [0.15, 0.2) is 0 Å². The second-order valence-corrected chi connectivity index (χ2v) is 5.47. The van der Waals surface area contributed by atoms with Crippen molar-refractivity contribution in [2.75, 3.05) is 26.0 Å². The van der Waals surface area contributed by atoms with Crippen LogP contribution < -0.4 is 20.1 Å². The van der Waals surface area contributed by atoms with Gasteiger partial charge in [0.05, 0.1) is 19.3 Å². The first kappa shape index (κ1) is 27.2. The highest BCUT2D eigenvalue weighted by atomic mass is 16.5. The summed E-state index contributed by atoms with van der Waals surface area (Å²) in [6.07, 6.45) is 5.03. The number of para-hydroxylation sites is 2. The molecule has 0 aliphatic rings. The lowest BCUT2D eigenvalue weighted by molar-refractivity contribution is -0.119. The smallest absolute Gasteiger partial charge is 0.251 e. The Morgan fingerprint density at radius 1 is 1.06 bits per heavy atom. The molecule has 2 aromatic rings. The van der Waals surface area contributed by atoms with E-state index in [0.717, 1.165) is 22.9 Å². The van der Waals surface area contributed by atoms with E-state index in [1.54, 1.807) is 7.11 Å². The molecule has 0 heterocycles. The molecular weight excluding hydrogens is 392 g/mol. The minimum atomic E-state index is -0.322. The number of methoxy groups -OCH3 is 1. The molecule has 31 heavy (non-hydrogen) atoms. The van der Waals surface area contributed by atoms with Crippen LogP contribution >= 0.6 is 0 Å². The third-order valence-corrected chi connectivity index (χ3v) is 3.55. The minimum Gasteiger partial charge on any atom is -0.497 e. The van der Waals surface area contributed by atoms with Crippen molar-refractivity contribution in [3.05, 3.63) is 85.5 Å². The number of amides is 1. The molecule has 2 N–H and O–H groups in total. The number of benzene rings is 2. The zero-order valence-electron chi connectivity index (χ0n) is 18.7. The summed E-state index contributed by atoms with van der Waals surface area (Å²) in [5, 5.41) is 5.46. The minimum absolute atomic E-state index is 0.0150. The van der Waals surface area contributed by atoms with Crippen LogP contribution in [0.3, 0.4) is 0 Å². The number of hydrogen-bond donors (Lipinski definition) is 2. The number of carbonyl (C=O) groups excluding carboxylic acids is 2. The summed E-state index contributed by atoms with van der Waals surface area (Å²) in [7, 11) is 3.51. The van der Waals surface area contributed by atoms with Crippen LogP contribution in [0.5, 0.6) is 17.2 Å². The highest BCUT2D eigenvalue weighted by molar-refractivity contribution is 5.97.